The topological polar surface area (TPSA) is 130 Å². The summed E-state index contributed by atoms with van der Waals surface area (Å²) in [5, 5.41) is 20.3. The number of rotatable bonds is 5. The Balaban J connectivity index is 1.99. The summed E-state index contributed by atoms with van der Waals surface area (Å²) in [7, 11) is -4.15. The highest BCUT2D eigenvalue weighted by atomic mass is 32.2. The van der Waals surface area contributed by atoms with Crippen molar-refractivity contribution in [1.82, 2.24) is 9.21 Å². The van der Waals surface area contributed by atoms with Gasteiger partial charge in [-0.1, -0.05) is 6.07 Å². The lowest BCUT2D eigenvalue weighted by Gasteiger charge is -2.32. The van der Waals surface area contributed by atoms with Gasteiger partial charge in [0.1, 0.15) is 16.4 Å². The second-order valence-electron chi connectivity index (χ2n) is 6.99. The van der Waals surface area contributed by atoms with Gasteiger partial charge in [-0.05, 0) is 43.2 Å². The number of ether oxygens (including phenoxy) is 1. The van der Waals surface area contributed by atoms with Crippen LogP contribution in [0.1, 0.15) is 11.1 Å². The maximum Gasteiger partial charge on any atom is 0.407 e. The number of sulfonamides is 1. The van der Waals surface area contributed by atoms with E-state index < -0.39 is 21.0 Å². The summed E-state index contributed by atoms with van der Waals surface area (Å²) in [6.07, 6.45) is -1.12. The number of carbonyl (C=O) groups is 1. The highest BCUT2D eigenvalue weighted by Gasteiger charge is 2.33. The molecule has 0 radical (unpaired) electrons. The van der Waals surface area contributed by atoms with Gasteiger partial charge in [0.2, 0.25) is 10.0 Å². The molecule has 2 aromatic carbocycles. The van der Waals surface area contributed by atoms with E-state index in [1.807, 2.05) is 19.9 Å². The van der Waals surface area contributed by atoms with Crippen LogP contribution in [-0.2, 0) is 10.0 Å². The normalized spacial score (nSPS) is 15.1. The van der Waals surface area contributed by atoms with E-state index in [-0.39, 0.29) is 42.5 Å². The minimum Gasteiger partial charge on any atom is -0.465 e. The number of hydrogen-bond acceptors (Lipinski definition) is 6. The van der Waals surface area contributed by atoms with Gasteiger partial charge in [-0.2, -0.15) is 4.31 Å². The van der Waals surface area contributed by atoms with Crippen molar-refractivity contribution < 1.29 is 28.0 Å². The lowest BCUT2D eigenvalue weighted by molar-refractivity contribution is -0.385. The predicted molar refractivity (Wildman–Crippen MR) is 107 cm³/mol. The van der Waals surface area contributed by atoms with E-state index in [0.717, 1.165) is 26.4 Å². The Morgan fingerprint density at radius 3 is 2.20 bits per heavy atom. The molecule has 10 nitrogen and oxygen atoms in total. The molecule has 1 fully saturated rings. The lowest BCUT2D eigenvalue weighted by Crippen LogP contribution is -2.50. The lowest BCUT2D eigenvalue weighted by atomic mass is 10.1. The van der Waals surface area contributed by atoms with Crippen molar-refractivity contribution in [2.45, 2.75) is 18.7 Å². The fourth-order valence-electron chi connectivity index (χ4n) is 3.27. The Morgan fingerprint density at radius 2 is 1.67 bits per heavy atom. The Bertz CT molecular complexity index is 1070. The maximum absolute atomic E-state index is 13.2. The van der Waals surface area contributed by atoms with Crippen LogP contribution < -0.4 is 4.74 Å². The number of benzene rings is 2. The van der Waals surface area contributed by atoms with Crippen molar-refractivity contribution in [2.24, 2.45) is 0 Å². The summed E-state index contributed by atoms with van der Waals surface area (Å²) in [5.41, 5.74) is 1.45. The number of carboxylic acid groups (broad SMARTS) is 1. The van der Waals surface area contributed by atoms with Gasteiger partial charge in [0.15, 0.2) is 0 Å². The molecule has 160 valence electrons. The number of piperazine rings is 1. The molecular formula is C19H21N3O7S. The highest BCUT2D eigenvalue weighted by molar-refractivity contribution is 7.89. The number of aryl methyl sites for hydroxylation is 2. The first-order valence-corrected chi connectivity index (χ1v) is 10.5. The van der Waals surface area contributed by atoms with E-state index in [2.05, 4.69) is 0 Å². The van der Waals surface area contributed by atoms with E-state index in [1.54, 1.807) is 12.1 Å². The summed E-state index contributed by atoms with van der Waals surface area (Å²) in [5.74, 6) is 0.375. The fourth-order valence-corrected chi connectivity index (χ4v) is 4.83. The van der Waals surface area contributed by atoms with Crippen molar-refractivity contribution in [1.29, 1.82) is 0 Å². The van der Waals surface area contributed by atoms with Gasteiger partial charge in [-0.3, -0.25) is 10.1 Å². The van der Waals surface area contributed by atoms with E-state index >= 15 is 0 Å². The van der Waals surface area contributed by atoms with Gasteiger partial charge in [-0.25, -0.2) is 13.2 Å². The SMILES string of the molecule is Cc1cc(C)cc(Oc2ccc([N+](=O)[O-])cc2S(=O)(=O)N2CCN(C(=O)O)CC2)c1. The highest BCUT2D eigenvalue weighted by Crippen LogP contribution is 2.34. The molecule has 1 aliphatic heterocycles. The third-order valence-electron chi connectivity index (χ3n) is 4.69. The van der Waals surface area contributed by atoms with Gasteiger partial charge in [-0.15, -0.1) is 0 Å². The predicted octanol–water partition coefficient (Wildman–Crippen LogP) is 2.99. The second kappa shape index (κ2) is 8.28. The minimum absolute atomic E-state index is 0.0107. The van der Waals surface area contributed by atoms with Crippen LogP contribution >= 0.6 is 0 Å². The van der Waals surface area contributed by atoms with Crippen LogP contribution in [0, 0.1) is 24.0 Å². The monoisotopic (exact) mass is 435 g/mol. The van der Waals surface area contributed by atoms with Crippen LogP contribution in [0.3, 0.4) is 0 Å². The number of nitro groups is 1. The van der Waals surface area contributed by atoms with Crippen molar-refractivity contribution in [2.75, 3.05) is 26.2 Å². The zero-order chi connectivity index (χ0) is 22.1. The maximum atomic E-state index is 13.2. The molecule has 1 amide bonds. The van der Waals surface area contributed by atoms with Gasteiger partial charge < -0.3 is 14.7 Å². The van der Waals surface area contributed by atoms with Crippen molar-refractivity contribution >= 4 is 21.8 Å². The molecule has 3 rings (SSSR count). The van der Waals surface area contributed by atoms with Gasteiger partial charge in [0, 0.05) is 38.3 Å². The number of nitrogens with zero attached hydrogens (tertiary/aromatic N) is 3. The molecule has 11 heteroatoms. The average molecular weight is 435 g/mol. The molecular weight excluding hydrogens is 414 g/mol. The van der Waals surface area contributed by atoms with Crippen LogP contribution in [0.5, 0.6) is 11.5 Å². The second-order valence-corrected chi connectivity index (χ2v) is 8.89. The summed E-state index contributed by atoms with van der Waals surface area (Å²) in [6.45, 7) is 3.65. The third-order valence-corrected chi connectivity index (χ3v) is 6.61. The standard InChI is InChI=1S/C19H21N3O7S/c1-13-9-14(2)11-16(10-13)29-17-4-3-15(22(25)26)12-18(17)30(27,28)21-7-5-20(6-8-21)19(23)24/h3-4,9-12H,5-8H2,1-2H3,(H,23,24). The van der Waals surface area contributed by atoms with Crippen molar-refractivity contribution in [3.05, 3.63) is 57.6 Å². The van der Waals surface area contributed by atoms with E-state index in [1.165, 1.54) is 12.1 Å². The number of hydrogen-bond donors (Lipinski definition) is 1. The molecule has 0 saturated carbocycles. The summed E-state index contributed by atoms with van der Waals surface area (Å²) in [6, 6.07) is 8.81. The van der Waals surface area contributed by atoms with Crippen molar-refractivity contribution in [3.8, 4) is 11.5 Å². The smallest absolute Gasteiger partial charge is 0.407 e. The molecule has 1 aliphatic rings. The molecule has 1 saturated heterocycles. The van der Waals surface area contributed by atoms with E-state index in [0.29, 0.717) is 5.75 Å². The quantitative estimate of drug-likeness (QED) is 0.564. The van der Waals surface area contributed by atoms with E-state index in [4.69, 9.17) is 9.84 Å². The zero-order valence-corrected chi connectivity index (χ0v) is 17.3. The first-order chi connectivity index (χ1) is 14.1. The number of non-ortho nitro benzene ring substituents is 1. The van der Waals surface area contributed by atoms with E-state index in [9.17, 15) is 23.3 Å². The number of amides is 1. The molecule has 2 aromatic rings. The van der Waals surface area contributed by atoms with Gasteiger partial charge >= 0.3 is 6.09 Å². The molecule has 0 aromatic heterocycles. The Labute approximate surface area is 173 Å². The molecule has 1 heterocycles. The first kappa shape index (κ1) is 21.5. The molecule has 0 spiro atoms. The number of nitro benzene ring substituents is 1. The molecule has 0 atom stereocenters. The molecule has 1 N–H and O–H groups in total. The first-order valence-electron chi connectivity index (χ1n) is 9.10. The summed E-state index contributed by atoms with van der Waals surface area (Å²) >= 11 is 0. The Morgan fingerprint density at radius 1 is 1.07 bits per heavy atom. The summed E-state index contributed by atoms with van der Waals surface area (Å²) < 4.78 is 33.4. The van der Waals surface area contributed by atoms with Crippen molar-refractivity contribution in [3.63, 3.8) is 0 Å². The van der Waals surface area contributed by atoms with Crippen LogP contribution in [0.15, 0.2) is 41.3 Å². The van der Waals surface area contributed by atoms with Crippen LogP contribution in [0.4, 0.5) is 10.5 Å². The summed E-state index contributed by atoms with van der Waals surface area (Å²) in [4.78, 5) is 22.4. The molecule has 0 bridgehead atoms. The van der Waals surface area contributed by atoms with Crippen LogP contribution in [0.25, 0.3) is 0 Å². The van der Waals surface area contributed by atoms with Crippen LogP contribution in [-0.4, -0.2) is 59.9 Å². The van der Waals surface area contributed by atoms with Gasteiger partial charge in [0.05, 0.1) is 4.92 Å². The Hall–Kier alpha value is -3.18. The third kappa shape index (κ3) is 4.52. The molecule has 0 aliphatic carbocycles. The van der Waals surface area contributed by atoms with Gasteiger partial charge in [0.25, 0.3) is 5.69 Å². The fraction of sp³-hybridized carbons (Fsp3) is 0.316. The largest absolute Gasteiger partial charge is 0.465 e. The molecule has 0 unspecified atom stereocenters. The minimum atomic E-state index is -4.15. The molecule has 30 heavy (non-hydrogen) atoms. The average Bonchev–Trinajstić information content (AvgIpc) is 2.67. The Kier molecular flexibility index (Phi) is 5.94. The van der Waals surface area contributed by atoms with Crippen LogP contribution in [0.2, 0.25) is 0 Å². The zero-order valence-electron chi connectivity index (χ0n) is 16.4.